The number of benzene rings is 3. The fourth-order valence-electron chi connectivity index (χ4n) is 4.86. The number of nitrogens with one attached hydrogen (secondary N) is 1. The normalized spacial score (nSPS) is 14.7. The molecule has 1 aliphatic carbocycles. The van der Waals surface area contributed by atoms with E-state index in [1.807, 2.05) is 0 Å². The molecule has 0 saturated heterocycles. The molecule has 0 spiro atoms. The Kier molecular flexibility index (Phi) is 10.3. The van der Waals surface area contributed by atoms with Crippen molar-refractivity contribution in [3.63, 3.8) is 0 Å². The molecular weight excluding hydrogens is 588 g/mol. The number of hydrogen-bond donors (Lipinski definition) is 1. The average Bonchev–Trinajstić information content (AvgIpc) is 2.95. The molecule has 0 bridgehead atoms. The molecule has 0 aliphatic heterocycles. The smallest absolute Gasteiger partial charge is 0.264 e. The second kappa shape index (κ2) is 13.7. The molecule has 0 unspecified atom stereocenters. The Morgan fingerprint density at radius 3 is 2.29 bits per heavy atom. The average molecular weight is 621 g/mol. The fraction of sp³-hybridized carbons (Fsp3) is 0.333. The van der Waals surface area contributed by atoms with Crippen molar-refractivity contribution in [3.05, 3.63) is 94.2 Å². The van der Waals surface area contributed by atoms with E-state index < -0.39 is 34.3 Å². The minimum Gasteiger partial charge on any atom is -0.352 e. The minimum absolute atomic E-state index is 0.00245. The Labute approximate surface area is 250 Å². The molecule has 218 valence electrons. The van der Waals surface area contributed by atoms with E-state index in [4.69, 9.17) is 23.2 Å². The SMILES string of the molecule is C[C@@H](C(=O)NC1CCCCC1)N(Cc1ccccc1F)C(=O)CN(c1cccc(Cl)c1)S(=O)(=O)c1ccc(Cl)cc1. The number of rotatable bonds is 10. The summed E-state index contributed by atoms with van der Waals surface area (Å²) in [6.45, 7) is 0.685. The van der Waals surface area contributed by atoms with E-state index in [0.29, 0.717) is 5.02 Å². The Balaban J connectivity index is 1.68. The van der Waals surface area contributed by atoms with Gasteiger partial charge in [-0.05, 0) is 68.3 Å². The van der Waals surface area contributed by atoms with Gasteiger partial charge in [-0.3, -0.25) is 13.9 Å². The molecule has 1 fully saturated rings. The summed E-state index contributed by atoms with van der Waals surface area (Å²) in [5, 5.41) is 3.64. The fourth-order valence-corrected chi connectivity index (χ4v) is 6.57. The minimum atomic E-state index is -4.27. The molecule has 41 heavy (non-hydrogen) atoms. The van der Waals surface area contributed by atoms with Crippen molar-refractivity contribution >= 4 is 50.7 Å². The van der Waals surface area contributed by atoms with Crippen molar-refractivity contribution in [2.24, 2.45) is 0 Å². The van der Waals surface area contributed by atoms with E-state index >= 15 is 0 Å². The molecule has 11 heteroatoms. The van der Waals surface area contributed by atoms with Crippen LogP contribution >= 0.6 is 23.2 Å². The van der Waals surface area contributed by atoms with Gasteiger partial charge in [0, 0.05) is 28.2 Å². The zero-order valence-electron chi connectivity index (χ0n) is 22.6. The van der Waals surface area contributed by atoms with Crippen LogP contribution in [0.5, 0.6) is 0 Å². The number of amides is 2. The van der Waals surface area contributed by atoms with Crippen LogP contribution in [0.3, 0.4) is 0 Å². The van der Waals surface area contributed by atoms with Crippen LogP contribution in [0.2, 0.25) is 10.0 Å². The van der Waals surface area contributed by atoms with Crippen LogP contribution in [0.15, 0.2) is 77.7 Å². The highest BCUT2D eigenvalue weighted by Gasteiger charge is 2.33. The molecule has 4 rings (SSSR count). The van der Waals surface area contributed by atoms with Gasteiger partial charge in [-0.2, -0.15) is 0 Å². The lowest BCUT2D eigenvalue weighted by Crippen LogP contribution is -2.53. The molecule has 3 aromatic carbocycles. The lowest BCUT2D eigenvalue weighted by Gasteiger charge is -2.33. The first-order chi connectivity index (χ1) is 19.6. The molecular formula is C30H32Cl2FN3O4S. The number of nitrogens with zero attached hydrogens (tertiary/aromatic N) is 2. The Morgan fingerprint density at radius 1 is 0.951 bits per heavy atom. The van der Waals surface area contributed by atoms with Crippen LogP contribution in [0, 0.1) is 5.82 Å². The third-order valence-electron chi connectivity index (χ3n) is 7.19. The summed E-state index contributed by atoms with van der Waals surface area (Å²) in [5.41, 5.74) is 0.360. The van der Waals surface area contributed by atoms with Crippen molar-refractivity contribution in [1.29, 1.82) is 0 Å². The zero-order chi connectivity index (χ0) is 29.6. The number of hydrogen-bond acceptors (Lipinski definition) is 4. The Bertz CT molecular complexity index is 1480. The van der Waals surface area contributed by atoms with Crippen molar-refractivity contribution < 1.29 is 22.4 Å². The number of carbonyl (C=O) groups excluding carboxylic acids is 2. The summed E-state index contributed by atoms with van der Waals surface area (Å²) in [6, 6.07) is 16.6. The van der Waals surface area contributed by atoms with E-state index in [-0.39, 0.29) is 39.7 Å². The van der Waals surface area contributed by atoms with Gasteiger partial charge in [-0.15, -0.1) is 0 Å². The molecule has 1 N–H and O–H groups in total. The lowest BCUT2D eigenvalue weighted by molar-refractivity contribution is -0.139. The molecule has 2 amide bonds. The van der Waals surface area contributed by atoms with E-state index in [9.17, 15) is 22.4 Å². The van der Waals surface area contributed by atoms with E-state index in [2.05, 4.69) is 5.32 Å². The van der Waals surface area contributed by atoms with Crippen LogP contribution in [0.1, 0.15) is 44.6 Å². The van der Waals surface area contributed by atoms with Gasteiger partial charge in [0.2, 0.25) is 11.8 Å². The summed E-state index contributed by atoms with van der Waals surface area (Å²) in [6.07, 6.45) is 4.83. The summed E-state index contributed by atoms with van der Waals surface area (Å²) >= 11 is 12.2. The van der Waals surface area contributed by atoms with E-state index in [1.54, 1.807) is 25.1 Å². The van der Waals surface area contributed by atoms with Gasteiger partial charge < -0.3 is 10.2 Å². The van der Waals surface area contributed by atoms with Crippen LogP contribution in [-0.4, -0.2) is 43.8 Å². The molecule has 0 radical (unpaired) electrons. The quantitative estimate of drug-likeness (QED) is 0.293. The number of halogens is 3. The van der Waals surface area contributed by atoms with Crippen molar-refractivity contribution in [2.45, 2.75) is 62.6 Å². The molecule has 0 heterocycles. The van der Waals surface area contributed by atoms with E-state index in [0.717, 1.165) is 36.4 Å². The van der Waals surface area contributed by atoms with Crippen molar-refractivity contribution in [1.82, 2.24) is 10.2 Å². The lowest BCUT2D eigenvalue weighted by atomic mass is 9.95. The number of sulfonamides is 1. The van der Waals surface area contributed by atoms with Gasteiger partial charge in [0.1, 0.15) is 18.4 Å². The highest BCUT2D eigenvalue weighted by molar-refractivity contribution is 7.92. The predicted molar refractivity (Wildman–Crippen MR) is 159 cm³/mol. The summed E-state index contributed by atoms with van der Waals surface area (Å²) in [5.74, 6) is -1.60. The molecule has 1 saturated carbocycles. The van der Waals surface area contributed by atoms with Gasteiger partial charge >= 0.3 is 0 Å². The van der Waals surface area contributed by atoms with Crippen LogP contribution in [0.4, 0.5) is 10.1 Å². The summed E-state index contributed by atoms with van der Waals surface area (Å²) in [4.78, 5) is 28.4. The third kappa shape index (κ3) is 7.78. The molecule has 0 aromatic heterocycles. The Morgan fingerprint density at radius 2 is 1.63 bits per heavy atom. The van der Waals surface area contributed by atoms with Crippen LogP contribution < -0.4 is 9.62 Å². The van der Waals surface area contributed by atoms with Crippen LogP contribution in [-0.2, 0) is 26.2 Å². The monoisotopic (exact) mass is 619 g/mol. The van der Waals surface area contributed by atoms with Gasteiger partial charge in [-0.25, -0.2) is 12.8 Å². The largest absolute Gasteiger partial charge is 0.352 e. The highest BCUT2D eigenvalue weighted by Crippen LogP contribution is 2.28. The molecule has 1 atom stereocenters. The van der Waals surface area contributed by atoms with Gasteiger partial charge in [0.25, 0.3) is 10.0 Å². The van der Waals surface area contributed by atoms with Gasteiger partial charge in [0.05, 0.1) is 10.6 Å². The standard InChI is InChI=1S/C30H32Cl2FN3O4S/c1-21(30(38)34-25-10-3-2-4-11-25)35(19-22-8-5-6-13-28(22)33)29(37)20-36(26-12-7-9-24(32)18-26)41(39,40)27-16-14-23(31)15-17-27/h5-9,12-18,21,25H,2-4,10-11,19-20H2,1H3,(H,34,38)/t21-/m0/s1. The molecule has 3 aromatic rings. The van der Waals surface area contributed by atoms with Gasteiger partial charge in [-0.1, -0.05) is 66.7 Å². The molecule has 1 aliphatic rings. The maximum Gasteiger partial charge on any atom is 0.264 e. The van der Waals surface area contributed by atoms with Crippen molar-refractivity contribution in [2.75, 3.05) is 10.8 Å². The van der Waals surface area contributed by atoms with Gasteiger partial charge in [0.15, 0.2) is 0 Å². The Hall–Kier alpha value is -3.14. The topological polar surface area (TPSA) is 86.8 Å². The van der Waals surface area contributed by atoms with E-state index in [1.165, 1.54) is 59.5 Å². The maximum atomic E-state index is 14.7. The third-order valence-corrected chi connectivity index (χ3v) is 9.47. The van der Waals surface area contributed by atoms with Crippen molar-refractivity contribution in [3.8, 4) is 0 Å². The maximum absolute atomic E-state index is 14.7. The first-order valence-electron chi connectivity index (χ1n) is 13.4. The van der Waals surface area contributed by atoms with Crippen LogP contribution in [0.25, 0.3) is 0 Å². The highest BCUT2D eigenvalue weighted by atomic mass is 35.5. The first-order valence-corrected chi connectivity index (χ1v) is 15.6. The summed E-state index contributed by atoms with van der Waals surface area (Å²) in [7, 11) is -4.27. The second-order valence-corrected chi connectivity index (χ2v) is 12.8. The summed E-state index contributed by atoms with van der Waals surface area (Å²) < 4.78 is 43.3. The number of carbonyl (C=O) groups is 2. The number of anilines is 1. The first kappa shape index (κ1) is 30.8. The predicted octanol–water partition coefficient (Wildman–Crippen LogP) is 6.19. The second-order valence-electron chi connectivity index (χ2n) is 10.1. The zero-order valence-corrected chi connectivity index (χ0v) is 24.9. The molecule has 7 nitrogen and oxygen atoms in total.